The molecule has 6 nitrogen and oxygen atoms in total. The molecule has 0 saturated carbocycles. The van der Waals surface area contributed by atoms with Crippen LogP contribution in [-0.2, 0) is 0 Å². The van der Waals surface area contributed by atoms with Gasteiger partial charge in [0.2, 0.25) is 0 Å². The molecule has 0 aliphatic rings. The Hall–Kier alpha value is -3.94. The van der Waals surface area contributed by atoms with E-state index < -0.39 is 0 Å². The van der Waals surface area contributed by atoms with Crippen molar-refractivity contribution < 1.29 is 9.47 Å². The number of rotatable bonds is 20. The number of ether oxygens (including phenoxy) is 2. The average molecular weight is 593 g/mol. The van der Waals surface area contributed by atoms with Gasteiger partial charge in [0.15, 0.2) is 0 Å². The van der Waals surface area contributed by atoms with Crippen LogP contribution in [0.25, 0.3) is 11.1 Å². The lowest BCUT2D eigenvalue weighted by Gasteiger charge is -2.19. The molecule has 0 saturated heterocycles. The normalized spacial score (nSPS) is 11.7. The Balaban J connectivity index is 1.56. The minimum Gasteiger partial charge on any atom is -0.494 e. The Bertz CT molecular complexity index is 1250. The van der Waals surface area contributed by atoms with E-state index in [9.17, 15) is 0 Å². The molecule has 6 N–H and O–H groups in total. The first-order valence-corrected chi connectivity index (χ1v) is 15.9. The maximum absolute atomic E-state index is 6.07. The molecule has 0 bridgehead atoms. The molecule has 6 heteroatoms. The summed E-state index contributed by atoms with van der Waals surface area (Å²) in [6.45, 7) is 6.37. The second-order valence-corrected chi connectivity index (χ2v) is 10.7. The molecule has 0 heterocycles. The second-order valence-electron chi connectivity index (χ2n) is 10.7. The summed E-state index contributed by atoms with van der Waals surface area (Å²) in [5, 5.41) is 6.66. The van der Waals surface area contributed by atoms with Crippen LogP contribution in [0.1, 0.15) is 47.9 Å². The molecule has 0 spiro atoms. The molecule has 0 aliphatic carbocycles. The predicted octanol–water partition coefficient (Wildman–Crippen LogP) is 6.11. The van der Waals surface area contributed by atoms with E-state index in [4.69, 9.17) is 20.9 Å². The first-order chi connectivity index (χ1) is 21.8. The summed E-state index contributed by atoms with van der Waals surface area (Å²) in [6, 6.07) is 38.2. The highest BCUT2D eigenvalue weighted by atomic mass is 16.5. The van der Waals surface area contributed by atoms with Gasteiger partial charge < -0.3 is 31.6 Å². The van der Waals surface area contributed by atoms with Gasteiger partial charge in [0, 0.05) is 26.2 Å². The Labute approximate surface area is 263 Å². The van der Waals surface area contributed by atoms with Gasteiger partial charge in [0.25, 0.3) is 0 Å². The van der Waals surface area contributed by atoms with Crippen molar-refractivity contribution in [1.29, 1.82) is 0 Å². The quantitative estimate of drug-likeness (QED) is 0.0731. The van der Waals surface area contributed by atoms with Crippen molar-refractivity contribution in [2.24, 2.45) is 11.5 Å². The van der Waals surface area contributed by atoms with Crippen LogP contribution in [0.2, 0.25) is 0 Å². The van der Waals surface area contributed by atoms with Crippen LogP contribution < -0.4 is 31.6 Å². The number of nitrogens with two attached hydrogens (primary N) is 2. The Kier molecular flexibility index (Phi) is 14.5. The average Bonchev–Trinajstić information content (AvgIpc) is 3.08. The fraction of sp³-hybridized carbons (Fsp3) is 0.316. The maximum Gasteiger partial charge on any atom is 0.119 e. The number of benzene rings is 4. The number of hydrogen-bond acceptors (Lipinski definition) is 6. The van der Waals surface area contributed by atoms with Crippen LogP contribution in [0.5, 0.6) is 11.5 Å². The topological polar surface area (TPSA) is 94.6 Å². The van der Waals surface area contributed by atoms with Gasteiger partial charge in [-0.1, -0.05) is 84.9 Å². The summed E-state index contributed by atoms with van der Waals surface area (Å²) in [5.74, 6) is 1.77. The lowest BCUT2D eigenvalue weighted by molar-refractivity contribution is 0.306. The molecule has 0 aliphatic heterocycles. The Morgan fingerprint density at radius 3 is 1.16 bits per heavy atom. The van der Waals surface area contributed by atoms with Gasteiger partial charge in [-0.25, -0.2) is 0 Å². The molecule has 0 fully saturated rings. The molecule has 0 unspecified atom stereocenters. The molecule has 0 radical (unpaired) electrons. The summed E-state index contributed by atoms with van der Waals surface area (Å²) < 4.78 is 12.1. The van der Waals surface area contributed by atoms with Crippen LogP contribution in [0.4, 0.5) is 0 Å². The number of hydrogen-bond donors (Lipinski definition) is 4. The van der Waals surface area contributed by atoms with Crippen LogP contribution in [0.3, 0.4) is 0 Å². The van der Waals surface area contributed by atoms with Gasteiger partial charge in [0.05, 0.1) is 13.2 Å². The first kappa shape index (κ1) is 33.0. The van der Waals surface area contributed by atoms with E-state index in [1.54, 1.807) is 0 Å². The highest BCUT2D eigenvalue weighted by molar-refractivity contribution is 6.04. The number of nitrogens with one attached hydrogen (secondary N) is 2. The third kappa shape index (κ3) is 10.6. The standard InChI is InChI=1S/C38H48N4O2/c39-23-27-41-25-7-9-29-43-35-19-15-33(16-20-35)37(31-11-3-1-4-12-31)38(32-13-5-2-6-14-32)34-17-21-36(22-18-34)44-30-10-8-26-42-28-24-40/h1-6,11-22,41-42H,7-10,23-30,39-40H2/b38-37-. The predicted molar refractivity (Wildman–Crippen MR) is 184 cm³/mol. The molecule has 4 aromatic carbocycles. The molecule has 0 amide bonds. The van der Waals surface area contributed by atoms with Gasteiger partial charge >= 0.3 is 0 Å². The van der Waals surface area contributed by atoms with Gasteiger partial charge in [0.1, 0.15) is 11.5 Å². The summed E-state index contributed by atoms with van der Waals surface area (Å²) >= 11 is 0. The fourth-order valence-corrected chi connectivity index (χ4v) is 5.09. The first-order valence-electron chi connectivity index (χ1n) is 15.9. The van der Waals surface area contributed by atoms with E-state index in [0.29, 0.717) is 26.3 Å². The highest BCUT2D eigenvalue weighted by Crippen LogP contribution is 2.37. The highest BCUT2D eigenvalue weighted by Gasteiger charge is 2.16. The number of unbranched alkanes of at least 4 members (excludes halogenated alkanes) is 2. The third-order valence-electron chi connectivity index (χ3n) is 7.34. The molecule has 232 valence electrons. The lowest BCUT2D eigenvalue weighted by atomic mass is 9.86. The monoisotopic (exact) mass is 592 g/mol. The summed E-state index contributed by atoms with van der Waals surface area (Å²) in [7, 11) is 0. The smallest absolute Gasteiger partial charge is 0.119 e. The van der Waals surface area contributed by atoms with Crippen molar-refractivity contribution >= 4 is 11.1 Å². The minimum absolute atomic E-state index is 0.669. The molecule has 4 aromatic rings. The van der Waals surface area contributed by atoms with E-state index in [1.807, 2.05) is 0 Å². The van der Waals surface area contributed by atoms with Crippen molar-refractivity contribution in [3.63, 3.8) is 0 Å². The van der Waals surface area contributed by atoms with E-state index in [1.165, 1.54) is 11.1 Å². The van der Waals surface area contributed by atoms with Crippen molar-refractivity contribution in [3.05, 3.63) is 131 Å². The van der Waals surface area contributed by atoms with Crippen LogP contribution in [0, 0.1) is 0 Å². The lowest BCUT2D eigenvalue weighted by Crippen LogP contribution is -2.23. The van der Waals surface area contributed by atoms with Gasteiger partial charge in [-0.15, -0.1) is 0 Å². The molecule has 44 heavy (non-hydrogen) atoms. The van der Waals surface area contributed by atoms with E-state index in [2.05, 4.69) is 120 Å². The van der Waals surface area contributed by atoms with Gasteiger partial charge in [-0.3, -0.25) is 0 Å². The largest absolute Gasteiger partial charge is 0.494 e. The summed E-state index contributed by atoms with van der Waals surface area (Å²) in [5.41, 5.74) is 18.0. The summed E-state index contributed by atoms with van der Waals surface area (Å²) in [6.07, 6.45) is 4.13. The molecular formula is C38H48N4O2. The SMILES string of the molecule is NCCNCCCCOc1ccc(/C(=C(/c2ccccc2)c2ccc(OCCCCNCCN)cc2)c2ccccc2)cc1. The fourth-order valence-electron chi connectivity index (χ4n) is 5.09. The second kappa shape index (κ2) is 19.4. The van der Waals surface area contributed by atoms with Gasteiger partial charge in [-0.05, 0) is 96.4 Å². The summed E-state index contributed by atoms with van der Waals surface area (Å²) in [4.78, 5) is 0. The third-order valence-corrected chi connectivity index (χ3v) is 7.34. The zero-order chi connectivity index (χ0) is 30.7. The Morgan fingerprint density at radius 1 is 0.432 bits per heavy atom. The van der Waals surface area contributed by atoms with Crippen molar-refractivity contribution in [2.45, 2.75) is 25.7 Å². The Morgan fingerprint density at radius 2 is 0.795 bits per heavy atom. The van der Waals surface area contributed by atoms with Crippen molar-refractivity contribution in [2.75, 3.05) is 52.5 Å². The van der Waals surface area contributed by atoms with Crippen molar-refractivity contribution in [3.8, 4) is 11.5 Å². The van der Waals surface area contributed by atoms with Crippen molar-refractivity contribution in [1.82, 2.24) is 10.6 Å². The molecular weight excluding hydrogens is 544 g/mol. The van der Waals surface area contributed by atoms with Crippen LogP contribution in [-0.4, -0.2) is 52.5 Å². The van der Waals surface area contributed by atoms with E-state index >= 15 is 0 Å². The van der Waals surface area contributed by atoms with E-state index in [-0.39, 0.29) is 0 Å². The van der Waals surface area contributed by atoms with Gasteiger partial charge in [-0.2, -0.15) is 0 Å². The maximum atomic E-state index is 6.07. The van der Waals surface area contributed by atoms with Crippen LogP contribution in [0.15, 0.2) is 109 Å². The molecule has 0 aromatic heterocycles. The molecule has 0 atom stereocenters. The minimum atomic E-state index is 0.669. The zero-order valence-corrected chi connectivity index (χ0v) is 25.8. The zero-order valence-electron chi connectivity index (χ0n) is 25.8. The van der Waals surface area contributed by atoms with Crippen LogP contribution >= 0.6 is 0 Å². The van der Waals surface area contributed by atoms with E-state index in [0.717, 1.165) is 85.6 Å². The molecule has 4 rings (SSSR count).